The van der Waals surface area contributed by atoms with Crippen molar-refractivity contribution >= 4 is 17.0 Å². The summed E-state index contributed by atoms with van der Waals surface area (Å²) in [6, 6.07) is 0. The van der Waals surface area contributed by atoms with E-state index in [1.54, 1.807) is 18.8 Å². The zero-order valence-corrected chi connectivity index (χ0v) is 11.7. The number of nitrogens with two attached hydrogens (primary N) is 1. The van der Waals surface area contributed by atoms with Gasteiger partial charge in [0, 0.05) is 0 Å². The molecule has 0 unspecified atom stereocenters. The standard InChI is InChI=1S/C12H18N5O4/c1-21(2)3-6-8(18)9(19)12(20-6)17-5-16-7-10(13)14-4-15-11(7)17/h4-6,8-9,12,18-19H,3H2,1-2H3,(H2,13,14,15)/q+1/t6-,8-,9-,12-/m1/s1. The van der Waals surface area contributed by atoms with Gasteiger partial charge in [0.15, 0.2) is 30.4 Å². The Kier molecular flexibility index (Phi) is 3.49. The molecule has 1 aliphatic rings. The van der Waals surface area contributed by atoms with Crippen molar-refractivity contribution in [3.8, 4) is 0 Å². The summed E-state index contributed by atoms with van der Waals surface area (Å²) >= 11 is 0. The number of hydrogen-bond acceptors (Lipinski definition) is 7. The maximum Gasteiger partial charge on any atom is 0.175 e. The summed E-state index contributed by atoms with van der Waals surface area (Å²) in [5.74, 6) is 0.257. The third-order valence-corrected chi connectivity index (χ3v) is 3.50. The number of rotatable bonds is 3. The normalized spacial score (nSPS) is 29.6. The number of nitrogen functional groups attached to an aromatic ring is 1. The van der Waals surface area contributed by atoms with Crippen LogP contribution in [0.3, 0.4) is 0 Å². The predicted octanol–water partition coefficient (Wildman–Crippen LogP) is -1.16. The summed E-state index contributed by atoms with van der Waals surface area (Å²) in [5, 5.41) is 20.3. The van der Waals surface area contributed by atoms with Crippen LogP contribution in [0, 0.1) is 0 Å². The second-order valence-electron chi connectivity index (χ2n) is 5.28. The lowest BCUT2D eigenvalue weighted by atomic mass is 10.1. The molecule has 0 aliphatic carbocycles. The molecule has 2 aromatic heterocycles. The van der Waals surface area contributed by atoms with Gasteiger partial charge in [0.2, 0.25) is 0 Å². The van der Waals surface area contributed by atoms with Crippen LogP contribution in [0.4, 0.5) is 5.82 Å². The summed E-state index contributed by atoms with van der Waals surface area (Å²) in [6.07, 6.45) is -0.584. The van der Waals surface area contributed by atoms with Gasteiger partial charge in [-0.25, -0.2) is 15.0 Å². The lowest BCUT2D eigenvalue weighted by Gasteiger charge is -2.16. The van der Waals surface area contributed by atoms with Gasteiger partial charge in [-0.05, 0) is 0 Å². The number of aromatic nitrogens is 4. The monoisotopic (exact) mass is 296 g/mol. The van der Waals surface area contributed by atoms with Crippen molar-refractivity contribution in [1.29, 1.82) is 0 Å². The molecule has 0 amide bonds. The Labute approximate surface area is 120 Å². The van der Waals surface area contributed by atoms with Crippen molar-refractivity contribution in [2.75, 3.05) is 26.6 Å². The molecule has 0 bridgehead atoms. The predicted molar refractivity (Wildman–Crippen MR) is 73.5 cm³/mol. The van der Waals surface area contributed by atoms with Gasteiger partial charge in [-0.15, -0.1) is 0 Å². The Morgan fingerprint density at radius 3 is 2.76 bits per heavy atom. The van der Waals surface area contributed by atoms with Crippen molar-refractivity contribution in [3.05, 3.63) is 12.7 Å². The first kappa shape index (κ1) is 14.1. The van der Waals surface area contributed by atoms with Crippen molar-refractivity contribution in [2.45, 2.75) is 24.5 Å². The average Bonchev–Trinajstić information content (AvgIpc) is 2.96. The number of fused-ring (bicyclic) bond motifs is 1. The molecular weight excluding hydrogens is 278 g/mol. The van der Waals surface area contributed by atoms with Gasteiger partial charge in [-0.2, -0.15) is 0 Å². The minimum absolute atomic E-state index is 0.257. The second-order valence-corrected chi connectivity index (χ2v) is 5.28. The first-order chi connectivity index (χ1) is 9.99. The van der Waals surface area contributed by atoms with Gasteiger partial charge >= 0.3 is 0 Å². The molecule has 3 rings (SSSR count). The number of aliphatic hydroxyl groups excluding tert-OH is 2. The molecule has 0 radical (unpaired) electrons. The van der Waals surface area contributed by atoms with E-state index in [0.29, 0.717) is 17.8 Å². The number of aliphatic hydroxyl groups is 2. The maximum absolute atomic E-state index is 10.2. The van der Waals surface area contributed by atoms with E-state index in [-0.39, 0.29) is 5.82 Å². The molecule has 9 nitrogen and oxygen atoms in total. The van der Waals surface area contributed by atoms with E-state index in [4.69, 9.17) is 10.5 Å². The molecule has 4 N–H and O–H groups in total. The molecule has 21 heavy (non-hydrogen) atoms. The van der Waals surface area contributed by atoms with Crippen LogP contribution >= 0.6 is 0 Å². The molecular formula is C12H18N5O4+. The largest absolute Gasteiger partial charge is 0.424 e. The van der Waals surface area contributed by atoms with Crippen LogP contribution in [0.1, 0.15) is 6.23 Å². The fourth-order valence-corrected chi connectivity index (χ4v) is 2.48. The number of imidazole rings is 1. The van der Waals surface area contributed by atoms with Crippen molar-refractivity contribution in [1.82, 2.24) is 19.5 Å². The number of ether oxygens (including phenoxy) is 1. The van der Waals surface area contributed by atoms with Gasteiger partial charge in [0.1, 0.15) is 38.3 Å². The Bertz CT molecular complexity index is 646. The summed E-state index contributed by atoms with van der Waals surface area (Å²) in [5.41, 5.74) is 6.63. The summed E-state index contributed by atoms with van der Waals surface area (Å²) < 4.78 is 9.95. The fourth-order valence-electron chi connectivity index (χ4n) is 2.48. The SMILES string of the molecule is C[O+](C)C[C@H]1O[C@@H](n2cnc3c(N)ncnc32)[C@H](O)[C@@H]1O. The molecule has 0 aromatic carbocycles. The molecule has 4 atom stereocenters. The van der Waals surface area contributed by atoms with E-state index in [9.17, 15) is 10.2 Å². The van der Waals surface area contributed by atoms with Crippen LogP contribution in [0.5, 0.6) is 0 Å². The molecule has 1 aliphatic heterocycles. The number of hydrogen-bond donors (Lipinski definition) is 3. The van der Waals surface area contributed by atoms with Crippen LogP contribution in [0.25, 0.3) is 11.2 Å². The smallest absolute Gasteiger partial charge is 0.175 e. The van der Waals surface area contributed by atoms with E-state index < -0.39 is 24.5 Å². The quantitative estimate of drug-likeness (QED) is 0.611. The maximum atomic E-state index is 10.2. The molecule has 3 heterocycles. The third-order valence-electron chi connectivity index (χ3n) is 3.50. The van der Waals surface area contributed by atoms with Crippen LogP contribution in [0.15, 0.2) is 12.7 Å². The van der Waals surface area contributed by atoms with E-state index in [0.717, 1.165) is 0 Å². The summed E-state index contributed by atoms with van der Waals surface area (Å²) in [7, 11) is 3.58. The highest BCUT2D eigenvalue weighted by Gasteiger charge is 2.46. The second kappa shape index (κ2) is 5.19. The first-order valence-corrected chi connectivity index (χ1v) is 6.48. The minimum Gasteiger partial charge on any atom is -0.424 e. The molecule has 2 aromatic rings. The van der Waals surface area contributed by atoms with Crippen LogP contribution < -0.4 is 5.73 Å². The zero-order valence-electron chi connectivity index (χ0n) is 11.7. The first-order valence-electron chi connectivity index (χ1n) is 6.48. The van der Waals surface area contributed by atoms with Crippen LogP contribution in [-0.2, 0) is 9.10 Å². The van der Waals surface area contributed by atoms with Crippen molar-refractivity contribution in [3.63, 3.8) is 0 Å². The molecule has 9 heteroatoms. The number of nitrogens with zero attached hydrogens (tertiary/aromatic N) is 4. The van der Waals surface area contributed by atoms with Gasteiger partial charge < -0.3 is 25.1 Å². The zero-order chi connectivity index (χ0) is 15.1. The third kappa shape index (κ3) is 2.33. The summed E-state index contributed by atoms with van der Waals surface area (Å²) in [4.78, 5) is 12.1. The number of anilines is 1. The highest BCUT2D eigenvalue weighted by atomic mass is 16.7. The van der Waals surface area contributed by atoms with E-state index in [1.807, 2.05) is 0 Å². The highest BCUT2D eigenvalue weighted by molar-refractivity contribution is 5.81. The Hall–Kier alpha value is -1.81. The van der Waals surface area contributed by atoms with E-state index in [1.165, 1.54) is 12.7 Å². The van der Waals surface area contributed by atoms with Gasteiger partial charge in [-0.1, -0.05) is 0 Å². The molecule has 1 fully saturated rings. The minimum atomic E-state index is -1.08. The Balaban J connectivity index is 1.94. The summed E-state index contributed by atoms with van der Waals surface area (Å²) in [6.45, 7) is 0.415. The fraction of sp³-hybridized carbons (Fsp3) is 0.583. The topological polar surface area (TPSA) is 122 Å². The molecule has 0 saturated carbocycles. The Morgan fingerprint density at radius 2 is 2.05 bits per heavy atom. The Morgan fingerprint density at radius 1 is 1.29 bits per heavy atom. The van der Waals surface area contributed by atoms with Crippen molar-refractivity contribution < 1.29 is 19.3 Å². The lowest BCUT2D eigenvalue weighted by Crippen LogP contribution is -2.35. The van der Waals surface area contributed by atoms with Crippen LogP contribution in [-0.4, -0.2) is 68.9 Å². The molecule has 114 valence electrons. The van der Waals surface area contributed by atoms with Gasteiger partial charge in [-0.3, -0.25) is 4.57 Å². The van der Waals surface area contributed by atoms with E-state index >= 15 is 0 Å². The van der Waals surface area contributed by atoms with Crippen molar-refractivity contribution in [2.24, 2.45) is 0 Å². The molecule has 0 spiro atoms. The van der Waals surface area contributed by atoms with E-state index in [2.05, 4.69) is 19.3 Å². The van der Waals surface area contributed by atoms with Crippen LogP contribution in [0.2, 0.25) is 0 Å². The molecule has 1 saturated heterocycles. The lowest BCUT2D eigenvalue weighted by molar-refractivity contribution is -0.134. The van der Waals surface area contributed by atoms with Gasteiger partial charge in [0.25, 0.3) is 0 Å². The highest BCUT2D eigenvalue weighted by Crippen LogP contribution is 2.32. The van der Waals surface area contributed by atoms with Gasteiger partial charge in [0.05, 0.1) is 6.33 Å². The average molecular weight is 296 g/mol.